The summed E-state index contributed by atoms with van der Waals surface area (Å²) in [5.41, 5.74) is 0.694. The van der Waals surface area contributed by atoms with E-state index in [4.69, 9.17) is 21.1 Å². The zero-order valence-corrected chi connectivity index (χ0v) is 13.2. The normalized spacial score (nSPS) is 10.0. The largest absolute Gasteiger partial charge is 0.477 e. The number of aromatic nitrogens is 1. The van der Waals surface area contributed by atoms with Gasteiger partial charge in [0, 0.05) is 16.9 Å². The highest BCUT2D eigenvalue weighted by atomic mass is 35.5. The van der Waals surface area contributed by atoms with Gasteiger partial charge in [-0.2, -0.15) is 0 Å². The number of ether oxygens (including phenoxy) is 2. The van der Waals surface area contributed by atoms with Gasteiger partial charge in [0.25, 0.3) is 5.91 Å². The summed E-state index contributed by atoms with van der Waals surface area (Å²) < 4.78 is 10.2. The predicted octanol–water partition coefficient (Wildman–Crippen LogP) is 2.93. The number of nitrogens with one attached hydrogen (secondary N) is 1. The monoisotopic (exact) mass is 334 g/mol. The first kappa shape index (κ1) is 16.8. The number of esters is 1. The van der Waals surface area contributed by atoms with Crippen LogP contribution in [-0.2, 0) is 9.53 Å². The van der Waals surface area contributed by atoms with Gasteiger partial charge in [-0.15, -0.1) is 0 Å². The molecule has 1 N–H and O–H groups in total. The van der Waals surface area contributed by atoms with Crippen LogP contribution in [0.3, 0.4) is 0 Å². The van der Waals surface area contributed by atoms with E-state index in [2.05, 4.69) is 10.3 Å². The van der Waals surface area contributed by atoms with Crippen LogP contribution in [-0.4, -0.2) is 30.1 Å². The number of benzene rings is 1. The fourth-order valence-corrected chi connectivity index (χ4v) is 1.96. The van der Waals surface area contributed by atoms with E-state index in [1.54, 1.807) is 37.3 Å². The molecule has 0 saturated heterocycles. The number of nitrogens with zero attached hydrogens (tertiary/aromatic N) is 1. The van der Waals surface area contributed by atoms with Crippen molar-refractivity contribution in [1.29, 1.82) is 0 Å². The van der Waals surface area contributed by atoms with Gasteiger partial charge in [-0.3, -0.25) is 4.79 Å². The van der Waals surface area contributed by atoms with Crippen LogP contribution in [0, 0.1) is 0 Å². The second-order valence-corrected chi connectivity index (χ2v) is 4.86. The average molecular weight is 335 g/mol. The van der Waals surface area contributed by atoms with Gasteiger partial charge >= 0.3 is 5.97 Å². The van der Waals surface area contributed by atoms with Crippen molar-refractivity contribution in [1.82, 2.24) is 4.98 Å². The molecule has 2 rings (SSSR count). The van der Waals surface area contributed by atoms with E-state index in [1.165, 1.54) is 12.3 Å². The fourth-order valence-electron chi connectivity index (χ4n) is 1.77. The number of hydrogen-bond donors (Lipinski definition) is 1. The predicted molar refractivity (Wildman–Crippen MR) is 85.8 cm³/mol. The summed E-state index contributed by atoms with van der Waals surface area (Å²) in [5.74, 6) is -0.972. The minimum absolute atomic E-state index is 0.171. The number of rotatable bonds is 6. The summed E-state index contributed by atoms with van der Waals surface area (Å²) in [6, 6.07) is 9.78. The lowest BCUT2D eigenvalue weighted by Gasteiger charge is -2.09. The van der Waals surface area contributed by atoms with Crippen LogP contribution in [0.25, 0.3) is 0 Å². The summed E-state index contributed by atoms with van der Waals surface area (Å²) >= 11 is 5.83. The Morgan fingerprint density at radius 3 is 2.83 bits per heavy atom. The molecule has 0 unspecified atom stereocenters. The second kappa shape index (κ2) is 8.14. The lowest BCUT2D eigenvalue weighted by Crippen LogP contribution is -2.21. The fraction of sp³-hybridized carbons (Fsp3) is 0.188. The Morgan fingerprint density at radius 2 is 2.09 bits per heavy atom. The van der Waals surface area contributed by atoms with E-state index in [1.807, 2.05) is 0 Å². The third kappa shape index (κ3) is 4.96. The molecule has 0 aliphatic carbocycles. The highest BCUT2D eigenvalue weighted by Crippen LogP contribution is 2.16. The molecule has 7 heteroatoms. The molecule has 0 radical (unpaired) electrons. The summed E-state index contributed by atoms with van der Waals surface area (Å²) in [4.78, 5) is 27.8. The Labute approximate surface area is 138 Å². The molecule has 6 nitrogen and oxygen atoms in total. The quantitative estimate of drug-likeness (QED) is 0.822. The molecule has 0 atom stereocenters. The molecule has 0 aliphatic rings. The van der Waals surface area contributed by atoms with Crippen LogP contribution >= 0.6 is 11.6 Å². The lowest BCUT2D eigenvalue weighted by atomic mass is 10.3. The van der Waals surface area contributed by atoms with E-state index in [-0.39, 0.29) is 11.4 Å². The molecule has 1 amide bonds. The van der Waals surface area contributed by atoms with Crippen LogP contribution in [0.1, 0.15) is 17.3 Å². The molecule has 0 saturated carbocycles. The van der Waals surface area contributed by atoms with Crippen molar-refractivity contribution in [2.24, 2.45) is 0 Å². The number of hydrogen-bond acceptors (Lipinski definition) is 5. The molecule has 0 bridgehead atoms. The van der Waals surface area contributed by atoms with Crippen molar-refractivity contribution in [3.63, 3.8) is 0 Å². The van der Waals surface area contributed by atoms with Gasteiger partial charge in [0.2, 0.25) is 5.88 Å². The molecule has 0 fully saturated rings. The van der Waals surface area contributed by atoms with Crippen molar-refractivity contribution in [2.45, 2.75) is 6.92 Å². The lowest BCUT2D eigenvalue weighted by molar-refractivity contribution is -0.119. The number of amides is 1. The van der Waals surface area contributed by atoms with Crippen molar-refractivity contribution in [3.8, 4) is 5.88 Å². The van der Waals surface area contributed by atoms with Gasteiger partial charge in [-0.05, 0) is 37.3 Å². The second-order valence-electron chi connectivity index (χ2n) is 4.42. The third-order valence-electron chi connectivity index (χ3n) is 2.71. The highest BCUT2D eigenvalue weighted by molar-refractivity contribution is 6.30. The molecule has 1 aromatic heterocycles. The molecule has 2 aromatic rings. The first-order valence-corrected chi connectivity index (χ1v) is 7.28. The van der Waals surface area contributed by atoms with Crippen molar-refractivity contribution in [3.05, 3.63) is 53.2 Å². The van der Waals surface area contributed by atoms with E-state index in [0.29, 0.717) is 17.3 Å². The summed E-state index contributed by atoms with van der Waals surface area (Å²) in [6.45, 7) is 1.72. The molecule has 120 valence electrons. The standard InChI is InChI=1S/C16H15ClN2O4/c1-2-22-15-13(7-4-8-18-15)16(21)23-10-14(20)19-12-6-3-5-11(17)9-12/h3-9H,2,10H2,1H3,(H,19,20). The van der Waals surface area contributed by atoms with Crippen LogP contribution in [0.2, 0.25) is 5.02 Å². The zero-order valence-electron chi connectivity index (χ0n) is 12.4. The maximum Gasteiger partial charge on any atom is 0.344 e. The molecular formula is C16H15ClN2O4. The van der Waals surface area contributed by atoms with Gasteiger partial charge in [0.1, 0.15) is 5.56 Å². The van der Waals surface area contributed by atoms with E-state index in [9.17, 15) is 9.59 Å². The maximum atomic E-state index is 12.0. The van der Waals surface area contributed by atoms with Gasteiger partial charge in [-0.25, -0.2) is 9.78 Å². The number of carbonyl (C=O) groups is 2. The smallest absolute Gasteiger partial charge is 0.344 e. The van der Waals surface area contributed by atoms with Gasteiger partial charge in [0.05, 0.1) is 6.61 Å². The Balaban J connectivity index is 1.92. The number of halogens is 1. The summed E-state index contributed by atoms with van der Waals surface area (Å²) in [5, 5.41) is 3.08. The van der Waals surface area contributed by atoms with Crippen molar-refractivity contribution < 1.29 is 19.1 Å². The van der Waals surface area contributed by atoms with Gasteiger partial charge in [0.15, 0.2) is 6.61 Å². The average Bonchev–Trinajstić information content (AvgIpc) is 2.53. The van der Waals surface area contributed by atoms with Gasteiger partial charge < -0.3 is 14.8 Å². The Bertz CT molecular complexity index is 706. The van der Waals surface area contributed by atoms with Crippen LogP contribution < -0.4 is 10.1 Å². The number of pyridine rings is 1. The minimum atomic E-state index is -0.678. The van der Waals surface area contributed by atoms with Crippen molar-refractivity contribution in [2.75, 3.05) is 18.5 Å². The Morgan fingerprint density at radius 1 is 1.26 bits per heavy atom. The Kier molecular flexibility index (Phi) is 5.94. The SMILES string of the molecule is CCOc1ncccc1C(=O)OCC(=O)Nc1cccc(Cl)c1. The highest BCUT2D eigenvalue weighted by Gasteiger charge is 2.16. The summed E-state index contributed by atoms with van der Waals surface area (Å²) in [7, 11) is 0. The van der Waals surface area contributed by atoms with E-state index >= 15 is 0 Å². The molecular weight excluding hydrogens is 320 g/mol. The molecule has 1 heterocycles. The van der Waals surface area contributed by atoms with Crippen LogP contribution in [0.5, 0.6) is 5.88 Å². The van der Waals surface area contributed by atoms with Crippen molar-refractivity contribution >= 4 is 29.2 Å². The van der Waals surface area contributed by atoms with E-state index < -0.39 is 18.5 Å². The first-order chi connectivity index (χ1) is 11.1. The maximum absolute atomic E-state index is 12.0. The zero-order chi connectivity index (χ0) is 16.7. The molecule has 0 aliphatic heterocycles. The number of anilines is 1. The van der Waals surface area contributed by atoms with Crippen LogP contribution in [0.15, 0.2) is 42.6 Å². The summed E-state index contributed by atoms with van der Waals surface area (Å²) in [6.07, 6.45) is 1.51. The third-order valence-corrected chi connectivity index (χ3v) is 2.95. The molecule has 23 heavy (non-hydrogen) atoms. The van der Waals surface area contributed by atoms with E-state index in [0.717, 1.165) is 0 Å². The van der Waals surface area contributed by atoms with Crippen LogP contribution in [0.4, 0.5) is 5.69 Å². The minimum Gasteiger partial charge on any atom is -0.477 e. The van der Waals surface area contributed by atoms with Gasteiger partial charge in [-0.1, -0.05) is 17.7 Å². The molecule has 0 spiro atoms. The topological polar surface area (TPSA) is 77.5 Å². The molecule has 1 aromatic carbocycles. The Hall–Kier alpha value is -2.60. The number of carbonyl (C=O) groups excluding carboxylic acids is 2. The first-order valence-electron chi connectivity index (χ1n) is 6.90.